The van der Waals surface area contributed by atoms with E-state index in [1.54, 1.807) is 12.5 Å². The molecule has 1 amide bonds. The second-order valence-electron chi connectivity index (χ2n) is 4.92. The van der Waals surface area contributed by atoms with E-state index in [-0.39, 0.29) is 17.6 Å². The van der Waals surface area contributed by atoms with Crippen molar-refractivity contribution in [1.82, 2.24) is 14.9 Å². The van der Waals surface area contributed by atoms with Gasteiger partial charge in [0.25, 0.3) is 5.91 Å². The van der Waals surface area contributed by atoms with Gasteiger partial charge in [-0.1, -0.05) is 0 Å². The minimum atomic E-state index is -0.311. The minimum absolute atomic E-state index is 0.0209. The number of hydrogen-bond donors (Lipinski definition) is 2. The average Bonchev–Trinajstić information content (AvgIpc) is 2.89. The van der Waals surface area contributed by atoms with E-state index in [1.807, 2.05) is 18.4 Å². The number of ether oxygens (including phenoxy) is 1. The molecule has 0 spiro atoms. The first-order chi connectivity index (χ1) is 8.55. The highest BCUT2D eigenvalue weighted by atomic mass is 16.5. The van der Waals surface area contributed by atoms with Gasteiger partial charge in [-0.3, -0.25) is 4.79 Å². The van der Waals surface area contributed by atoms with Crippen molar-refractivity contribution in [2.24, 2.45) is 5.73 Å². The van der Waals surface area contributed by atoms with Gasteiger partial charge >= 0.3 is 0 Å². The van der Waals surface area contributed by atoms with Crippen molar-refractivity contribution in [2.75, 3.05) is 13.2 Å². The molecule has 3 N–H and O–H groups in total. The highest BCUT2D eigenvalue weighted by Gasteiger charge is 2.38. The van der Waals surface area contributed by atoms with E-state index >= 15 is 0 Å². The highest BCUT2D eigenvalue weighted by Crippen LogP contribution is 2.25. The van der Waals surface area contributed by atoms with Crippen LogP contribution in [0.3, 0.4) is 0 Å². The summed E-state index contributed by atoms with van der Waals surface area (Å²) in [6.07, 6.45) is 4.18. The van der Waals surface area contributed by atoms with E-state index in [4.69, 9.17) is 10.5 Å². The van der Waals surface area contributed by atoms with Gasteiger partial charge in [0.2, 0.25) is 0 Å². The zero-order valence-corrected chi connectivity index (χ0v) is 10.8. The molecule has 100 valence electrons. The van der Waals surface area contributed by atoms with Crippen molar-refractivity contribution < 1.29 is 9.53 Å². The summed E-state index contributed by atoms with van der Waals surface area (Å²) in [5.74, 6) is -0.161. The lowest BCUT2D eigenvalue weighted by atomic mass is 9.94. The van der Waals surface area contributed by atoms with Gasteiger partial charge in [0.15, 0.2) is 0 Å². The van der Waals surface area contributed by atoms with Crippen molar-refractivity contribution in [3.05, 3.63) is 18.2 Å². The molecule has 0 aromatic carbocycles. The molecule has 18 heavy (non-hydrogen) atoms. The Balaban J connectivity index is 2.02. The number of hydrogen-bond acceptors (Lipinski definition) is 4. The number of nitrogens with zero attached hydrogens (tertiary/aromatic N) is 2. The standard InChI is InChI=1S/C12H20N4O2/c1-9-12(2,3-6-18-9)15-11(17)10-7-16(5-4-13)8-14-10/h7-9H,3-6,13H2,1-2H3,(H,15,17). The molecule has 0 saturated carbocycles. The first kappa shape index (κ1) is 13.0. The van der Waals surface area contributed by atoms with Gasteiger partial charge in [-0.25, -0.2) is 4.98 Å². The molecule has 0 bridgehead atoms. The van der Waals surface area contributed by atoms with Crippen molar-refractivity contribution in [1.29, 1.82) is 0 Å². The van der Waals surface area contributed by atoms with E-state index in [0.29, 0.717) is 25.4 Å². The van der Waals surface area contributed by atoms with Gasteiger partial charge in [0, 0.05) is 25.9 Å². The summed E-state index contributed by atoms with van der Waals surface area (Å²) in [7, 11) is 0. The van der Waals surface area contributed by atoms with Crippen LogP contribution in [0, 0.1) is 0 Å². The fraction of sp³-hybridized carbons (Fsp3) is 0.667. The zero-order chi connectivity index (χ0) is 13.2. The van der Waals surface area contributed by atoms with Crippen LogP contribution < -0.4 is 11.1 Å². The molecule has 0 radical (unpaired) electrons. The Morgan fingerprint density at radius 3 is 3.17 bits per heavy atom. The number of nitrogens with one attached hydrogen (secondary N) is 1. The SMILES string of the molecule is CC1OCCC1(C)NC(=O)c1cn(CCN)cn1. The Labute approximate surface area is 107 Å². The smallest absolute Gasteiger partial charge is 0.271 e. The number of rotatable bonds is 4. The first-order valence-corrected chi connectivity index (χ1v) is 6.21. The fourth-order valence-electron chi connectivity index (χ4n) is 2.07. The molecule has 1 saturated heterocycles. The van der Waals surface area contributed by atoms with Crippen LogP contribution in [0.25, 0.3) is 0 Å². The number of aromatic nitrogens is 2. The van der Waals surface area contributed by atoms with Crippen LogP contribution in [0.1, 0.15) is 30.8 Å². The Hall–Kier alpha value is -1.40. The number of carbonyl (C=O) groups is 1. The minimum Gasteiger partial charge on any atom is -0.376 e. The normalized spacial score (nSPS) is 27.4. The Bertz CT molecular complexity index is 431. The maximum atomic E-state index is 12.1. The fourth-order valence-corrected chi connectivity index (χ4v) is 2.07. The molecule has 1 aliphatic rings. The zero-order valence-electron chi connectivity index (χ0n) is 10.8. The average molecular weight is 252 g/mol. The van der Waals surface area contributed by atoms with E-state index in [2.05, 4.69) is 10.3 Å². The van der Waals surface area contributed by atoms with Crippen molar-refractivity contribution in [3.63, 3.8) is 0 Å². The van der Waals surface area contributed by atoms with Gasteiger partial charge in [-0.2, -0.15) is 0 Å². The summed E-state index contributed by atoms with van der Waals surface area (Å²) in [5.41, 5.74) is 5.56. The molecule has 0 aliphatic carbocycles. The van der Waals surface area contributed by atoms with Crippen LogP contribution in [-0.4, -0.2) is 40.3 Å². The van der Waals surface area contributed by atoms with Crippen LogP contribution in [0.5, 0.6) is 0 Å². The molecule has 1 aromatic heterocycles. The molecule has 1 aromatic rings. The van der Waals surface area contributed by atoms with Crippen LogP contribution in [0.15, 0.2) is 12.5 Å². The van der Waals surface area contributed by atoms with Crippen molar-refractivity contribution in [2.45, 2.75) is 38.5 Å². The maximum absolute atomic E-state index is 12.1. The molecular formula is C12H20N4O2. The third-order valence-corrected chi connectivity index (χ3v) is 3.54. The second kappa shape index (κ2) is 5.07. The molecule has 2 atom stereocenters. The highest BCUT2D eigenvalue weighted by molar-refractivity contribution is 5.92. The van der Waals surface area contributed by atoms with Gasteiger partial charge in [0.05, 0.1) is 18.0 Å². The predicted octanol–water partition coefficient (Wildman–Crippen LogP) is 0.139. The quantitative estimate of drug-likeness (QED) is 0.798. The molecule has 6 heteroatoms. The molecule has 2 rings (SSSR count). The number of imidazole rings is 1. The summed E-state index contributed by atoms with van der Waals surface area (Å²) in [5, 5.41) is 3.01. The van der Waals surface area contributed by atoms with Crippen molar-refractivity contribution >= 4 is 5.91 Å². The summed E-state index contributed by atoms with van der Waals surface area (Å²) in [6.45, 7) is 5.84. The second-order valence-corrected chi connectivity index (χ2v) is 4.92. The summed E-state index contributed by atoms with van der Waals surface area (Å²) < 4.78 is 7.30. The number of carbonyl (C=O) groups excluding carboxylic acids is 1. The third kappa shape index (κ3) is 2.54. The van der Waals surface area contributed by atoms with Gasteiger partial charge < -0.3 is 20.4 Å². The lowest BCUT2D eigenvalue weighted by Gasteiger charge is -2.28. The molecule has 2 heterocycles. The Kier molecular flexibility index (Phi) is 3.68. The van der Waals surface area contributed by atoms with Gasteiger partial charge in [-0.05, 0) is 20.3 Å². The molecule has 6 nitrogen and oxygen atoms in total. The van der Waals surface area contributed by atoms with Crippen LogP contribution in [0.2, 0.25) is 0 Å². The van der Waals surface area contributed by atoms with Crippen LogP contribution in [-0.2, 0) is 11.3 Å². The Morgan fingerprint density at radius 2 is 2.56 bits per heavy atom. The van der Waals surface area contributed by atoms with Gasteiger partial charge in [-0.15, -0.1) is 0 Å². The Morgan fingerprint density at radius 1 is 1.78 bits per heavy atom. The van der Waals surface area contributed by atoms with E-state index in [9.17, 15) is 4.79 Å². The lowest BCUT2D eigenvalue weighted by Crippen LogP contribution is -2.50. The maximum Gasteiger partial charge on any atom is 0.271 e. The van der Waals surface area contributed by atoms with Crippen LogP contribution >= 0.6 is 0 Å². The molecule has 2 unspecified atom stereocenters. The molecule has 1 fully saturated rings. The lowest BCUT2D eigenvalue weighted by molar-refractivity contribution is 0.0724. The number of amides is 1. The molecule has 1 aliphatic heterocycles. The summed E-state index contributed by atoms with van der Waals surface area (Å²) in [4.78, 5) is 16.2. The number of nitrogens with two attached hydrogens (primary N) is 1. The third-order valence-electron chi connectivity index (χ3n) is 3.54. The van der Waals surface area contributed by atoms with Crippen LogP contribution in [0.4, 0.5) is 0 Å². The van der Waals surface area contributed by atoms with Gasteiger partial charge in [0.1, 0.15) is 5.69 Å². The topological polar surface area (TPSA) is 82.2 Å². The van der Waals surface area contributed by atoms with E-state index in [0.717, 1.165) is 6.42 Å². The monoisotopic (exact) mass is 252 g/mol. The first-order valence-electron chi connectivity index (χ1n) is 6.21. The van der Waals surface area contributed by atoms with Crippen molar-refractivity contribution in [3.8, 4) is 0 Å². The van der Waals surface area contributed by atoms with E-state index in [1.165, 1.54) is 0 Å². The largest absolute Gasteiger partial charge is 0.376 e. The summed E-state index contributed by atoms with van der Waals surface area (Å²) in [6, 6.07) is 0. The predicted molar refractivity (Wildman–Crippen MR) is 67.2 cm³/mol. The van der Waals surface area contributed by atoms with E-state index < -0.39 is 0 Å². The summed E-state index contributed by atoms with van der Waals surface area (Å²) >= 11 is 0. The molecular weight excluding hydrogens is 232 g/mol.